The summed E-state index contributed by atoms with van der Waals surface area (Å²) >= 11 is 0. The summed E-state index contributed by atoms with van der Waals surface area (Å²) < 4.78 is 18.3. The second-order valence-electron chi connectivity index (χ2n) is 6.52. The highest BCUT2D eigenvalue weighted by Crippen LogP contribution is 2.22. The number of amides is 1. The highest BCUT2D eigenvalue weighted by atomic mass is 19.1. The monoisotopic (exact) mass is 366 g/mol. The predicted octanol–water partition coefficient (Wildman–Crippen LogP) is 3.02. The molecule has 1 aromatic heterocycles. The van der Waals surface area contributed by atoms with Crippen LogP contribution in [-0.4, -0.2) is 35.2 Å². The third-order valence-corrected chi connectivity index (χ3v) is 4.55. The van der Waals surface area contributed by atoms with E-state index >= 15 is 0 Å². The van der Waals surface area contributed by atoms with Crippen LogP contribution in [-0.2, 0) is 0 Å². The van der Waals surface area contributed by atoms with Gasteiger partial charge in [-0.2, -0.15) is 4.98 Å². The number of hydrogen-bond acceptors (Lipinski definition) is 5. The van der Waals surface area contributed by atoms with Crippen molar-refractivity contribution in [2.24, 2.45) is 0 Å². The number of carbonyl (C=O) groups is 1. The maximum atomic E-state index is 13.0. The number of nitrogens with zero attached hydrogens (tertiary/aromatic N) is 2. The Morgan fingerprint density at radius 1 is 1.11 bits per heavy atom. The third kappa shape index (κ3) is 4.03. The Kier molecular flexibility index (Phi) is 4.93. The fraction of sp³-hybridized carbons (Fsp3) is 0.250. The van der Waals surface area contributed by atoms with Crippen LogP contribution in [0.2, 0.25) is 0 Å². The normalized spacial score (nSPS) is 16.9. The molecule has 0 saturated carbocycles. The summed E-state index contributed by atoms with van der Waals surface area (Å²) in [6.07, 6.45) is 2.06. The van der Waals surface area contributed by atoms with Crippen molar-refractivity contribution in [2.45, 2.75) is 18.9 Å². The van der Waals surface area contributed by atoms with Crippen LogP contribution in [0.1, 0.15) is 23.2 Å². The number of rotatable bonds is 4. The van der Waals surface area contributed by atoms with E-state index in [0.717, 1.165) is 31.5 Å². The Morgan fingerprint density at radius 2 is 1.85 bits per heavy atom. The van der Waals surface area contributed by atoms with E-state index < -0.39 is 0 Å². The van der Waals surface area contributed by atoms with E-state index in [1.54, 1.807) is 36.4 Å². The average molecular weight is 366 g/mol. The molecule has 1 aliphatic heterocycles. The van der Waals surface area contributed by atoms with E-state index in [4.69, 9.17) is 4.52 Å². The maximum absolute atomic E-state index is 13.0. The van der Waals surface area contributed by atoms with Crippen molar-refractivity contribution in [1.82, 2.24) is 20.8 Å². The molecule has 1 aliphatic rings. The van der Waals surface area contributed by atoms with Crippen LogP contribution in [0.25, 0.3) is 22.8 Å². The summed E-state index contributed by atoms with van der Waals surface area (Å²) in [5.74, 6) is 0.320. The zero-order valence-corrected chi connectivity index (χ0v) is 14.6. The van der Waals surface area contributed by atoms with Crippen molar-refractivity contribution in [3.05, 3.63) is 59.9 Å². The largest absolute Gasteiger partial charge is 0.348 e. The highest BCUT2D eigenvalue weighted by molar-refractivity contribution is 5.94. The first-order valence-corrected chi connectivity index (χ1v) is 8.91. The topological polar surface area (TPSA) is 80.0 Å². The lowest BCUT2D eigenvalue weighted by molar-refractivity contribution is 0.0930. The van der Waals surface area contributed by atoms with E-state index in [0.29, 0.717) is 22.8 Å². The van der Waals surface area contributed by atoms with Crippen molar-refractivity contribution in [2.75, 3.05) is 13.1 Å². The minimum atomic E-state index is -0.323. The van der Waals surface area contributed by atoms with Crippen LogP contribution in [0.4, 0.5) is 4.39 Å². The lowest BCUT2D eigenvalue weighted by atomic mass is 10.1. The summed E-state index contributed by atoms with van der Waals surface area (Å²) in [5, 5.41) is 10.3. The molecule has 138 valence electrons. The van der Waals surface area contributed by atoms with Gasteiger partial charge in [0.15, 0.2) is 0 Å². The Bertz CT molecular complexity index is 916. The van der Waals surface area contributed by atoms with Gasteiger partial charge in [-0.15, -0.1) is 0 Å². The number of aromatic nitrogens is 2. The van der Waals surface area contributed by atoms with Gasteiger partial charge in [-0.25, -0.2) is 4.39 Å². The number of benzene rings is 2. The minimum Gasteiger partial charge on any atom is -0.348 e. The van der Waals surface area contributed by atoms with Gasteiger partial charge in [-0.1, -0.05) is 17.3 Å². The molecular formula is C20H19FN4O2. The summed E-state index contributed by atoms with van der Waals surface area (Å²) in [5.41, 5.74) is 1.97. The zero-order valence-electron chi connectivity index (χ0n) is 14.6. The van der Waals surface area contributed by atoms with Gasteiger partial charge in [-0.3, -0.25) is 4.79 Å². The molecule has 4 rings (SSSR count). The predicted molar refractivity (Wildman–Crippen MR) is 98.5 cm³/mol. The lowest BCUT2D eigenvalue weighted by Gasteiger charge is -2.23. The summed E-state index contributed by atoms with van der Waals surface area (Å²) in [6.45, 7) is 1.81. The van der Waals surface area contributed by atoms with Crippen LogP contribution in [0, 0.1) is 5.82 Å². The number of hydrogen-bond donors (Lipinski definition) is 2. The molecule has 2 heterocycles. The van der Waals surface area contributed by atoms with E-state index in [2.05, 4.69) is 20.8 Å². The van der Waals surface area contributed by atoms with Gasteiger partial charge >= 0.3 is 0 Å². The summed E-state index contributed by atoms with van der Waals surface area (Å²) in [6, 6.07) is 13.1. The Labute approximate surface area is 155 Å². The molecule has 0 spiro atoms. The van der Waals surface area contributed by atoms with E-state index in [1.165, 1.54) is 12.1 Å². The lowest BCUT2D eigenvalue weighted by Crippen LogP contribution is -2.45. The fourth-order valence-corrected chi connectivity index (χ4v) is 3.06. The van der Waals surface area contributed by atoms with Crippen molar-refractivity contribution in [3.8, 4) is 22.8 Å². The molecule has 1 atom stereocenters. The van der Waals surface area contributed by atoms with Crippen LogP contribution in [0.3, 0.4) is 0 Å². The Balaban J connectivity index is 1.46. The Morgan fingerprint density at radius 3 is 2.56 bits per heavy atom. The van der Waals surface area contributed by atoms with Crippen LogP contribution < -0.4 is 10.6 Å². The standard InChI is InChI=1S/C20H19FN4O2/c21-16-9-7-15(8-10-16)20-24-18(25-27-20)13-3-5-14(6-4-13)19(26)23-17-2-1-11-22-12-17/h3-10,17,22H,1-2,11-12H2,(H,23,26)/t17-/m0/s1. The molecule has 0 aliphatic carbocycles. The third-order valence-electron chi connectivity index (χ3n) is 4.55. The molecule has 0 bridgehead atoms. The van der Waals surface area contributed by atoms with Gasteiger partial charge in [0, 0.05) is 29.3 Å². The summed E-state index contributed by atoms with van der Waals surface area (Å²) in [4.78, 5) is 16.7. The van der Waals surface area contributed by atoms with Gasteiger partial charge in [0.25, 0.3) is 11.8 Å². The SMILES string of the molecule is O=C(N[C@H]1CCCNC1)c1ccc(-c2noc(-c3ccc(F)cc3)n2)cc1. The number of carbonyl (C=O) groups excluding carboxylic acids is 1. The first-order valence-electron chi connectivity index (χ1n) is 8.91. The molecule has 1 saturated heterocycles. The maximum Gasteiger partial charge on any atom is 0.258 e. The van der Waals surface area contributed by atoms with E-state index in [-0.39, 0.29) is 17.8 Å². The first kappa shape index (κ1) is 17.4. The molecule has 6 nitrogen and oxygen atoms in total. The van der Waals surface area contributed by atoms with E-state index in [9.17, 15) is 9.18 Å². The van der Waals surface area contributed by atoms with Crippen LogP contribution >= 0.6 is 0 Å². The fourth-order valence-electron chi connectivity index (χ4n) is 3.06. The number of halogens is 1. The molecule has 2 aromatic carbocycles. The number of nitrogens with one attached hydrogen (secondary N) is 2. The van der Waals surface area contributed by atoms with Gasteiger partial charge < -0.3 is 15.2 Å². The zero-order chi connectivity index (χ0) is 18.6. The molecule has 2 N–H and O–H groups in total. The first-order chi connectivity index (χ1) is 13.2. The van der Waals surface area contributed by atoms with Gasteiger partial charge in [0.05, 0.1) is 0 Å². The Hall–Kier alpha value is -3.06. The second-order valence-corrected chi connectivity index (χ2v) is 6.52. The molecule has 1 fully saturated rings. The molecule has 27 heavy (non-hydrogen) atoms. The molecule has 0 radical (unpaired) electrons. The van der Waals surface area contributed by atoms with Gasteiger partial charge in [0.2, 0.25) is 5.82 Å². The molecule has 1 amide bonds. The van der Waals surface area contributed by atoms with Crippen molar-refractivity contribution in [3.63, 3.8) is 0 Å². The van der Waals surface area contributed by atoms with Crippen molar-refractivity contribution < 1.29 is 13.7 Å². The van der Waals surface area contributed by atoms with Crippen LogP contribution in [0.5, 0.6) is 0 Å². The smallest absolute Gasteiger partial charge is 0.258 e. The molecule has 7 heteroatoms. The van der Waals surface area contributed by atoms with Gasteiger partial charge in [0.1, 0.15) is 5.82 Å². The molecule has 3 aromatic rings. The second kappa shape index (κ2) is 7.67. The van der Waals surface area contributed by atoms with E-state index in [1.807, 2.05) is 0 Å². The molecular weight excluding hydrogens is 347 g/mol. The van der Waals surface area contributed by atoms with Gasteiger partial charge in [-0.05, 0) is 55.8 Å². The average Bonchev–Trinajstić information content (AvgIpc) is 3.20. The highest BCUT2D eigenvalue weighted by Gasteiger charge is 2.17. The molecule has 0 unspecified atom stereocenters. The van der Waals surface area contributed by atoms with Crippen molar-refractivity contribution in [1.29, 1.82) is 0 Å². The minimum absolute atomic E-state index is 0.0876. The van der Waals surface area contributed by atoms with Crippen LogP contribution in [0.15, 0.2) is 53.1 Å². The van der Waals surface area contributed by atoms with Crippen molar-refractivity contribution >= 4 is 5.91 Å². The number of piperidine rings is 1. The summed E-state index contributed by atoms with van der Waals surface area (Å²) in [7, 11) is 0. The quantitative estimate of drug-likeness (QED) is 0.742.